The number of anilines is 5. The average molecular weight is 721 g/mol. The maximum absolute atomic E-state index is 2.61. The second kappa shape index (κ2) is 12.1. The van der Waals surface area contributed by atoms with E-state index < -0.39 is 0 Å². The van der Waals surface area contributed by atoms with Crippen molar-refractivity contribution in [1.82, 2.24) is 0 Å². The monoisotopic (exact) mass is 720 g/mol. The summed E-state index contributed by atoms with van der Waals surface area (Å²) in [5.74, 6) is 0.383. The summed E-state index contributed by atoms with van der Waals surface area (Å²) in [6.45, 7) is 9.75. The number of hydrogen-bond donors (Lipinski definition) is 0. The van der Waals surface area contributed by atoms with Gasteiger partial charge in [0.15, 0.2) is 0 Å². The molecule has 0 fully saturated rings. The molecule has 1 unspecified atom stereocenters. The van der Waals surface area contributed by atoms with Gasteiger partial charge in [0, 0.05) is 50.3 Å². The van der Waals surface area contributed by atoms with E-state index in [1.54, 1.807) is 0 Å². The molecule has 0 bridgehead atoms. The Morgan fingerprint density at radius 3 is 2.07 bits per heavy atom. The highest BCUT2D eigenvalue weighted by molar-refractivity contribution is 6.09. The first-order chi connectivity index (χ1) is 27.3. The normalized spacial score (nSPS) is 17.5. The van der Waals surface area contributed by atoms with Crippen LogP contribution < -0.4 is 9.80 Å². The molecule has 270 valence electrons. The molecule has 11 rings (SSSR count). The molecular weight excluding hydrogens is 677 g/mol. The SMILES string of the molecule is CC1(C)C2=C3C(CC=C2)C(C)(C)c2cc(-c4ccc(N(c5ccc6ccccc6c5)c5cccc6ccccc56)c5ccccc45)ccc2N3c2ccccc21. The second-order valence-corrected chi connectivity index (χ2v) is 17.0. The van der Waals surface area contributed by atoms with Crippen LogP contribution in [0.4, 0.5) is 28.4 Å². The van der Waals surface area contributed by atoms with Crippen LogP contribution in [-0.2, 0) is 10.8 Å². The molecule has 56 heavy (non-hydrogen) atoms. The average Bonchev–Trinajstić information content (AvgIpc) is 3.23. The summed E-state index contributed by atoms with van der Waals surface area (Å²) in [6.07, 6.45) is 5.88. The lowest BCUT2D eigenvalue weighted by atomic mass is 9.60. The van der Waals surface area contributed by atoms with Gasteiger partial charge in [0.05, 0.1) is 11.4 Å². The zero-order valence-corrected chi connectivity index (χ0v) is 32.4. The summed E-state index contributed by atoms with van der Waals surface area (Å²) in [7, 11) is 0. The zero-order chi connectivity index (χ0) is 37.8. The number of fused-ring (bicyclic) bond motifs is 7. The van der Waals surface area contributed by atoms with Crippen molar-refractivity contribution in [2.24, 2.45) is 5.92 Å². The number of para-hydroxylation sites is 1. The number of benzene rings is 8. The van der Waals surface area contributed by atoms with Gasteiger partial charge < -0.3 is 9.80 Å². The fraction of sp³-hybridized carbons (Fsp3) is 0.148. The first-order valence-electron chi connectivity index (χ1n) is 20.0. The van der Waals surface area contributed by atoms with Gasteiger partial charge >= 0.3 is 0 Å². The van der Waals surface area contributed by atoms with E-state index in [2.05, 4.69) is 213 Å². The van der Waals surface area contributed by atoms with Crippen molar-refractivity contribution in [2.45, 2.75) is 44.9 Å². The zero-order valence-electron chi connectivity index (χ0n) is 32.4. The Morgan fingerprint density at radius 2 is 1.21 bits per heavy atom. The summed E-state index contributed by atoms with van der Waals surface area (Å²) >= 11 is 0. The van der Waals surface area contributed by atoms with Crippen LogP contribution >= 0.6 is 0 Å². The minimum atomic E-state index is -0.0630. The van der Waals surface area contributed by atoms with Crippen LogP contribution in [0.3, 0.4) is 0 Å². The molecule has 0 N–H and O–H groups in total. The standard InChI is InChI=1S/C54H44N2/c1-53(2)44-22-11-12-25-50(44)56-51-31-28-38(34-47(51)54(3,4)46-24-14-23-45(53)52(46)56)40-30-32-49(43-21-10-9-20-42(40)43)55(39-29-27-35-15-5-6-17-37(35)33-39)48-26-13-18-36-16-7-8-19-41(36)48/h5-23,25-34,46H,24H2,1-4H3. The third-order valence-corrected chi connectivity index (χ3v) is 13.2. The van der Waals surface area contributed by atoms with E-state index in [4.69, 9.17) is 0 Å². The van der Waals surface area contributed by atoms with Crippen LogP contribution in [0.25, 0.3) is 43.4 Å². The number of allylic oxidation sites excluding steroid dienone is 4. The maximum atomic E-state index is 2.61. The van der Waals surface area contributed by atoms with Crippen LogP contribution in [0.2, 0.25) is 0 Å². The summed E-state index contributed by atoms with van der Waals surface area (Å²) < 4.78 is 0. The molecule has 3 aliphatic rings. The number of hydrogen-bond acceptors (Lipinski definition) is 2. The molecule has 2 nitrogen and oxygen atoms in total. The molecule has 1 atom stereocenters. The van der Waals surface area contributed by atoms with E-state index in [0.29, 0.717) is 5.92 Å². The lowest BCUT2D eigenvalue weighted by Gasteiger charge is -2.54. The van der Waals surface area contributed by atoms with Gasteiger partial charge in [-0.2, -0.15) is 0 Å². The van der Waals surface area contributed by atoms with Crippen molar-refractivity contribution in [1.29, 1.82) is 0 Å². The lowest BCUT2D eigenvalue weighted by Crippen LogP contribution is -2.47. The Morgan fingerprint density at radius 1 is 0.536 bits per heavy atom. The molecule has 0 radical (unpaired) electrons. The van der Waals surface area contributed by atoms with Crippen molar-refractivity contribution in [3.05, 3.63) is 198 Å². The van der Waals surface area contributed by atoms with Gasteiger partial charge in [-0.1, -0.05) is 161 Å². The first-order valence-corrected chi connectivity index (χ1v) is 20.0. The highest BCUT2D eigenvalue weighted by Crippen LogP contribution is 2.60. The van der Waals surface area contributed by atoms with Crippen LogP contribution in [-0.4, -0.2) is 0 Å². The van der Waals surface area contributed by atoms with Crippen molar-refractivity contribution in [3.8, 4) is 11.1 Å². The second-order valence-electron chi connectivity index (χ2n) is 17.0. The molecular formula is C54H44N2. The van der Waals surface area contributed by atoms with Gasteiger partial charge in [0.2, 0.25) is 0 Å². The highest BCUT2D eigenvalue weighted by Gasteiger charge is 2.50. The van der Waals surface area contributed by atoms with Gasteiger partial charge in [0.1, 0.15) is 0 Å². The molecule has 0 spiro atoms. The largest absolute Gasteiger partial charge is 0.313 e. The van der Waals surface area contributed by atoms with E-state index in [1.165, 1.54) is 82.9 Å². The van der Waals surface area contributed by atoms with E-state index >= 15 is 0 Å². The first kappa shape index (κ1) is 33.0. The summed E-state index contributed by atoms with van der Waals surface area (Å²) in [5, 5.41) is 7.40. The third-order valence-electron chi connectivity index (χ3n) is 13.2. The molecule has 0 saturated carbocycles. The van der Waals surface area contributed by atoms with E-state index in [-0.39, 0.29) is 10.8 Å². The van der Waals surface area contributed by atoms with E-state index in [9.17, 15) is 0 Å². The summed E-state index contributed by atoms with van der Waals surface area (Å²) in [6, 6.07) is 60.9. The van der Waals surface area contributed by atoms with Crippen molar-refractivity contribution >= 4 is 60.8 Å². The highest BCUT2D eigenvalue weighted by atomic mass is 15.2. The van der Waals surface area contributed by atoms with Gasteiger partial charge in [-0.25, -0.2) is 0 Å². The predicted molar refractivity (Wildman–Crippen MR) is 238 cm³/mol. The van der Waals surface area contributed by atoms with Crippen molar-refractivity contribution in [2.75, 3.05) is 9.80 Å². The van der Waals surface area contributed by atoms with Crippen molar-refractivity contribution in [3.63, 3.8) is 0 Å². The lowest BCUT2D eigenvalue weighted by molar-refractivity contribution is 0.339. The van der Waals surface area contributed by atoms with Gasteiger partial charge in [-0.05, 0) is 98.3 Å². The molecule has 8 aromatic rings. The van der Waals surface area contributed by atoms with Crippen LogP contribution in [0.1, 0.15) is 45.2 Å². The fourth-order valence-electron chi connectivity index (χ4n) is 10.3. The third kappa shape index (κ3) is 4.69. The summed E-state index contributed by atoms with van der Waals surface area (Å²) in [5.41, 5.74) is 14.2. The topological polar surface area (TPSA) is 6.48 Å². The maximum Gasteiger partial charge on any atom is 0.0540 e. The van der Waals surface area contributed by atoms with Crippen molar-refractivity contribution < 1.29 is 0 Å². The van der Waals surface area contributed by atoms with Crippen LogP contribution in [0.5, 0.6) is 0 Å². The van der Waals surface area contributed by atoms with E-state index in [1.807, 2.05) is 0 Å². The Hall–Kier alpha value is -6.38. The minimum Gasteiger partial charge on any atom is -0.313 e. The van der Waals surface area contributed by atoms with Gasteiger partial charge in [-0.15, -0.1) is 0 Å². The fourth-order valence-corrected chi connectivity index (χ4v) is 10.3. The molecule has 8 aromatic carbocycles. The van der Waals surface area contributed by atoms with E-state index in [0.717, 1.165) is 17.8 Å². The smallest absolute Gasteiger partial charge is 0.0540 e. The number of rotatable bonds is 4. The molecule has 0 saturated heterocycles. The molecule has 0 amide bonds. The molecule has 0 aromatic heterocycles. The summed E-state index contributed by atoms with van der Waals surface area (Å²) in [4.78, 5) is 5.08. The van der Waals surface area contributed by atoms with Gasteiger partial charge in [-0.3, -0.25) is 0 Å². The van der Waals surface area contributed by atoms with Gasteiger partial charge in [0.25, 0.3) is 0 Å². The molecule has 2 heterocycles. The van der Waals surface area contributed by atoms with Crippen LogP contribution in [0, 0.1) is 5.92 Å². The van der Waals surface area contributed by atoms with Crippen LogP contribution in [0.15, 0.2) is 187 Å². The minimum absolute atomic E-state index is 0.0570. The molecule has 2 heteroatoms. The molecule has 1 aliphatic carbocycles. The Labute approximate surface area is 329 Å². The Bertz CT molecular complexity index is 2970. The quantitative estimate of drug-likeness (QED) is 0.179. The predicted octanol–water partition coefficient (Wildman–Crippen LogP) is 14.8. The Kier molecular flexibility index (Phi) is 7.11. The Balaban J connectivity index is 1.11. The number of nitrogens with zero attached hydrogens (tertiary/aromatic N) is 2. The molecule has 2 aliphatic heterocycles.